The highest BCUT2D eigenvalue weighted by molar-refractivity contribution is 7.99. The highest BCUT2D eigenvalue weighted by Crippen LogP contribution is 2.36. The van der Waals surface area contributed by atoms with Crippen molar-refractivity contribution < 1.29 is 5.11 Å². The average Bonchev–Trinajstić information content (AvgIpc) is 2.85. The number of hydrogen-bond donors (Lipinski definition) is 2. The van der Waals surface area contributed by atoms with Crippen LogP contribution in [0.2, 0.25) is 5.28 Å². The molecule has 0 aliphatic carbocycles. The van der Waals surface area contributed by atoms with Crippen molar-refractivity contribution in [3.63, 3.8) is 0 Å². The zero-order chi connectivity index (χ0) is 13.8. The summed E-state index contributed by atoms with van der Waals surface area (Å²) in [5.41, 5.74) is 1.02. The highest BCUT2D eigenvalue weighted by Gasteiger charge is 2.21. The SMILES string of the molecule is CCC(CC)C(O)CNc1nc(Cl)nc2c1SCC2. The van der Waals surface area contributed by atoms with Crippen molar-refractivity contribution in [2.24, 2.45) is 5.92 Å². The fraction of sp³-hybridized carbons (Fsp3) is 0.692. The number of aliphatic hydroxyl groups is 1. The van der Waals surface area contributed by atoms with Crippen molar-refractivity contribution in [1.29, 1.82) is 0 Å². The lowest BCUT2D eigenvalue weighted by molar-refractivity contribution is 0.114. The lowest BCUT2D eigenvalue weighted by Gasteiger charge is -2.21. The Morgan fingerprint density at radius 3 is 2.79 bits per heavy atom. The van der Waals surface area contributed by atoms with E-state index in [4.69, 9.17) is 11.6 Å². The summed E-state index contributed by atoms with van der Waals surface area (Å²) in [4.78, 5) is 9.56. The summed E-state index contributed by atoms with van der Waals surface area (Å²) in [7, 11) is 0. The van der Waals surface area contributed by atoms with Crippen LogP contribution in [0.1, 0.15) is 32.4 Å². The number of nitrogens with zero attached hydrogens (tertiary/aromatic N) is 2. The van der Waals surface area contributed by atoms with E-state index in [9.17, 15) is 5.11 Å². The molecule has 1 aromatic rings. The van der Waals surface area contributed by atoms with Crippen LogP contribution in [-0.2, 0) is 6.42 Å². The lowest BCUT2D eigenvalue weighted by atomic mass is 9.96. The first-order valence-corrected chi connectivity index (χ1v) is 8.13. The van der Waals surface area contributed by atoms with Crippen molar-refractivity contribution >= 4 is 29.2 Å². The first-order chi connectivity index (χ1) is 9.15. The van der Waals surface area contributed by atoms with Crippen LogP contribution in [0, 0.1) is 5.92 Å². The maximum Gasteiger partial charge on any atom is 0.224 e. The molecule has 1 aliphatic heterocycles. The maximum atomic E-state index is 10.1. The molecule has 1 aliphatic rings. The zero-order valence-electron chi connectivity index (χ0n) is 11.3. The highest BCUT2D eigenvalue weighted by atomic mass is 35.5. The maximum absolute atomic E-state index is 10.1. The summed E-state index contributed by atoms with van der Waals surface area (Å²) in [5.74, 6) is 2.11. The molecule has 2 rings (SSSR count). The normalized spacial score (nSPS) is 15.6. The van der Waals surface area contributed by atoms with E-state index in [0.29, 0.717) is 12.5 Å². The number of anilines is 1. The van der Waals surface area contributed by atoms with E-state index in [2.05, 4.69) is 29.1 Å². The van der Waals surface area contributed by atoms with Gasteiger partial charge in [-0.2, -0.15) is 4.98 Å². The number of aryl methyl sites for hydroxylation is 1. The van der Waals surface area contributed by atoms with Gasteiger partial charge in [-0.15, -0.1) is 11.8 Å². The summed E-state index contributed by atoms with van der Waals surface area (Å²) < 4.78 is 0. The molecule has 0 spiro atoms. The van der Waals surface area contributed by atoms with Crippen LogP contribution >= 0.6 is 23.4 Å². The van der Waals surface area contributed by atoms with E-state index < -0.39 is 0 Å². The number of thioether (sulfide) groups is 1. The quantitative estimate of drug-likeness (QED) is 0.791. The predicted molar refractivity (Wildman–Crippen MR) is 80.0 cm³/mol. The molecule has 0 fully saturated rings. The van der Waals surface area contributed by atoms with Gasteiger partial charge < -0.3 is 10.4 Å². The molecule has 0 saturated heterocycles. The number of fused-ring (bicyclic) bond motifs is 1. The average molecular weight is 302 g/mol. The van der Waals surface area contributed by atoms with Gasteiger partial charge in [-0.05, 0) is 17.5 Å². The van der Waals surface area contributed by atoms with Crippen LogP contribution < -0.4 is 5.32 Å². The van der Waals surface area contributed by atoms with Gasteiger partial charge in [-0.1, -0.05) is 26.7 Å². The molecule has 2 N–H and O–H groups in total. The molecule has 0 saturated carbocycles. The van der Waals surface area contributed by atoms with Gasteiger partial charge in [0, 0.05) is 18.7 Å². The second-order valence-corrected chi connectivity index (χ2v) is 6.18. The summed E-state index contributed by atoms with van der Waals surface area (Å²) >= 11 is 7.67. The number of aromatic nitrogens is 2. The Morgan fingerprint density at radius 1 is 1.37 bits per heavy atom. The Balaban J connectivity index is 2.04. The molecule has 1 atom stereocenters. The molecular weight excluding hydrogens is 282 g/mol. The monoisotopic (exact) mass is 301 g/mol. The summed E-state index contributed by atoms with van der Waals surface area (Å²) in [6, 6.07) is 0. The summed E-state index contributed by atoms with van der Waals surface area (Å²) in [6.45, 7) is 4.71. The summed E-state index contributed by atoms with van der Waals surface area (Å²) in [5, 5.41) is 13.6. The molecule has 106 valence electrons. The predicted octanol–water partition coefficient (Wildman–Crippen LogP) is 2.99. The summed E-state index contributed by atoms with van der Waals surface area (Å²) in [6.07, 6.45) is 2.55. The van der Waals surface area contributed by atoms with Gasteiger partial charge in [-0.3, -0.25) is 0 Å². The third-order valence-electron chi connectivity index (χ3n) is 3.57. The van der Waals surface area contributed by atoms with Gasteiger partial charge in [0.15, 0.2) is 0 Å². The van der Waals surface area contributed by atoms with Crippen LogP contribution in [-0.4, -0.2) is 33.5 Å². The Hall–Kier alpha value is -0.520. The Morgan fingerprint density at radius 2 is 2.11 bits per heavy atom. The second-order valence-electron chi connectivity index (χ2n) is 4.74. The van der Waals surface area contributed by atoms with Gasteiger partial charge >= 0.3 is 0 Å². The van der Waals surface area contributed by atoms with Gasteiger partial charge in [0.25, 0.3) is 0 Å². The standard InChI is InChI=1S/C13H20ClN3OS/c1-3-8(4-2)10(18)7-15-12-11-9(5-6-19-11)16-13(14)17-12/h8,10,18H,3-7H2,1-2H3,(H,15,16,17). The molecule has 2 heterocycles. The second kappa shape index (κ2) is 6.77. The van der Waals surface area contributed by atoms with Gasteiger partial charge in [-0.25, -0.2) is 4.98 Å². The molecule has 1 aromatic heterocycles. The van der Waals surface area contributed by atoms with Crippen LogP contribution in [0.4, 0.5) is 5.82 Å². The van der Waals surface area contributed by atoms with Crippen molar-refractivity contribution in [3.8, 4) is 0 Å². The molecule has 0 amide bonds. The molecule has 0 aromatic carbocycles. The van der Waals surface area contributed by atoms with Gasteiger partial charge in [0.1, 0.15) is 5.82 Å². The molecule has 1 unspecified atom stereocenters. The molecular formula is C13H20ClN3OS. The Labute approximate surface area is 123 Å². The van der Waals surface area contributed by atoms with Crippen molar-refractivity contribution in [1.82, 2.24) is 9.97 Å². The van der Waals surface area contributed by atoms with Crippen LogP contribution in [0.25, 0.3) is 0 Å². The number of nitrogens with one attached hydrogen (secondary N) is 1. The topological polar surface area (TPSA) is 58.0 Å². The fourth-order valence-electron chi connectivity index (χ4n) is 2.36. The first kappa shape index (κ1) is 14.9. The van der Waals surface area contributed by atoms with Crippen molar-refractivity contribution in [2.45, 2.75) is 44.1 Å². The van der Waals surface area contributed by atoms with E-state index in [1.807, 2.05) is 0 Å². The van der Waals surface area contributed by atoms with Crippen molar-refractivity contribution in [2.75, 3.05) is 17.6 Å². The van der Waals surface area contributed by atoms with E-state index in [1.54, 1.807) is 11.8 Å². The van der Waals surface area contributed by atoms with Gasteiger partial charge in [0.2, 0.25) is 5.28 Å². The minimum atomic E-state index is -0.356. The van der Waals surface area contributed by atoms with E-state index in [0.717, 1.165) is 41.4 Å². The third-order valence-corrected chi connectivity index (χ3v) is 4.86. The number of hydrogen-bond acceptors (Lipinski definition) is 5. The van der Waals surface area contributed by atoms with Crippen molar-refractivity contribution in [3.05, 3.63) is 11.0 Å². The number of aliphatic hydroxyl groups excluding tert-OH is 1. The smallest absolute Gasteiger partial charge is 0.224 e. The molecule has 0 radical (unpaired) electrons. The van der Waals surface area contributed by atoms with E-state index in [1.165, 1.54) is 0 Å². The van der Waals surface area contributed by atoms with Crippen LogP contribution in [0.3, 0.4) is 0 Å². The molecule has 4 nitrogen and oxygen atoms in total. The third kappa shape index (κ3) is 3.52. The Bertz CT molecular complexity index is 440. The van der Waals surface area contributed by atoms with Crippen LogP contribution in [0.5, 0.6) is 0 Å². The first-order valence-electron chi connectivity index (χ1n) is 6.76. The Kier molecular flexibility index (Phi) is 5.30. The minimum Gasteiger partial charge on any atom is -0.391 e. The number of halogens is 1. The molecule has 6 heteroatoms. The minimum absolute atomic E-state index is 0.278. The van der Waals surface area contributed by atoms with E-state index in [-0.39, 0.29) is 11.4 Å². The fourth-order valence-corrected chi connectivity index (χ4v) is 3.61. The van der Waals surface area contributed by atoms with Crippen LogP contribution in [0.15, 0.2) is 4.90 Å². The van der Waals surface area contributed by atoms with E-state index >= 15 is 0 Å². The molecule has 0 bridgehead atoms. The molecule has 19 heavy (non-hydrogen) atoms. The largest absolute Gasteiger partial charge is 0.391 e. The zero-order valence-corrected chi connectivity index (χ0v) is 12.9. The number of rotatable bonds is 6. The van der Waals surface area contributed by atoms with Gasteiger partial charge in [0.05, 0.1) is 16.7 Å². The lowest BCUT2D eigenvalue weighted by Crippen LogP contribution is -2.28.